The van der Waals surface area contributed by atoms with E-state index < -0.39 is 6.16 Å². The quantitative estimate of drug-likeness (QED) is 0.211. The number of nitrogens with zero attached hydrogens (tertiary/aromatic N) is 1. The summed E-state index contributed by atoms with van der Waals surface area (Å²) >= 11 is 0. The molecule has 0 fully saturated rings. The molecular formula is C20H24INO4. The van der Waals surface area contributed by atoms with E-state index in [1.165, 1.54) is 0 Å². The van der Waals surface area contributed by atoms with Gasteiger partial charge in [-0.3, -0.25) is 0 Å². The van der Waals surface area contributed by atoms with E-state index in [1.807, 2.05) is 24.1 Å². The third-order valence-electron chi connectivity index (χ3n) is 3.95. The van der Waals surface area contributed by atoms with Crippen LogP contribution in [0.1, 0.15) is 50.7 Å². The van der Waals surface area contributed by atoms with Gasteiger partial charge in [-0.2, -0.15) is 4.58 Å². The van der Waals surface area contributed by atoms with Crippen LogP contribution in [0.15, 0.2) is 35.9 Å². The first-order chi connectivity index (χ1) is 11.9. The van der Waals surface area contributed by atoms with Crippen molar-refractivity contribution in [2.45, 2.75) is 39.5 Å². The molecule has 0 N–H and O–H groups in total. The van der Waals surface area contributed by atoms with Gasteiger partial charge >= 0.3 is 6.16 Å². The van der Waals surface area contributed by atoms with E-state index in [-0.39, 0.29) is 42.5 Å². The molecule has 2 rings (SSSR count). The van der Waals surface area contributed by atoms with Crippen LogP contribution < -0.4 is 28.7 Å². The minimum atomic E-state index is -0.755. The van der Waals surface area contributed by atoms with Gasteiger partial charge in [0.15, 0.2) is 12.8 Å². The number of halogens is 1. The Labute approximate surface area is 171 Å². The van der Waals surface area contributed by atoms with Crippen LogP contribution in [-0.2, 0) is 9.53 Å². The topological polar surface area (TPSA) is 55.6 Å². The smallest absolute Gasteiger partial charge is 0.518 e. The molecule has 0 aliphatic carbocycles. The average molecular weight is 469 g/mol. The van der Waals surface area contributed by atoms with Gasteiger partial charge in [0, 0.05) is 6.08 Å². The Morgan fingerprint density at radius 3 is 2.35 bits per heavy atom. The van der Waals surface area contributed by atoms with Gasteiger partial charge in [-0.05, 0) is 29.0 Å². The minimum Gasteiger partial charge on any atom is -1.00 e. The molecule has 0 bridgehead atoms. The number of allylic oxidation sites excluding steroid dienone is 1. The first kappa shape index (κ1) is 22.1. The largest absolute Gasteiger partial charge is 1.00 e. The molecule has 0 aromatic heterocycles. The molecule has 1 aromatic carbocycles. The highest BCUT2D eigenvalue weighted by Crippen LogP contribution is 2.34. The molecule has 1 aliphatic rings. The van der Waals surface area contributed by atoms with E-state index in [1.54, 1.807) is 22.9 Å². The normalized spacial score (nSPS) is 13.2. The Balaban J connectivity index is 0.00000338. The molecule has 0 spiro atoms. The number of carbonyl (C=O) groups excluding carboxylic acids is 2. The summed E-state index contributed by atoms with van der Waals surface area (Å²) < 4.78 is 12.4. The summed E-state index contributed by atoms with van der Waals surface area (Å²) in [5, 5.41) is 0. The summed E-state index contributed by atoms with van der Waals surface area (Å²) in [5.41, 5.74) is 2.45. The van der Waals surface area contributed by atoms with Gasteiger partial charge < -0.3 is 33.5 Å². The summed E-state index contributed by atoms with van der Waals surface area (Å²) in [7, 11) is 0. The van der Waals surface area contributed by atoms with Crippen molar-refractivity contribution in [3.05, 3.63) is 47.1 Å². The van der Waals surface area contributed by atoms with Crippen molar-refractivity contribution in [2.24, 2.45) is 0 Å². The van der Waals surface area contributed by atoms with Crippen LogP contribution in [0, 0.1) is 0 Å². The van der Waals surface area contributed by atoms with Crippen molar-refractivity contribution in [1.29, 1.82) is 0 Å². The van der Waals surface area contributed by atoms with Crippen molar-refractivity contribution in [1.82, 2.24) is 0 Å². The van der Waals surface area contributed by atoms with Gasteiger partial charge in [0.1, 0.15) is 17.3 Å². The second-order valence-corrected chi connectivity index (χ2v) is 6.58. The van der Waals surface area contributed by atoms with Gasteiger partial charge in [0.25, 0.3) is 6.73 Å². The summed E-state index contributed by atoms with van der Waals surface area (Å²) in [4.78, 5) is 22.9. The molecule has 0 radical (unpaired) electrons. The Morgan fingerprint density at radius 1 is 1.19 bits per heavy atom. The lowest BCUT2D eigenvalue weighted by atomic mass is 9.94. The highest BCUT2D eigenvalue weighted by atomic mass is 127. The number of benzene rings is 1. The van der Waals surface area contributed by atoms with E-state index in [2.05, 4.69) is 27.7 Å². The van der Waals surface area contributed by atoms with E-state index in [9.17, 15) is 9.59 Å². The molecule has 26 heavy (non-hydrogen) atoms. The fourth-order valence-electron chi connectivity index (χ4n) is 2.61. The van der Waals surface area contributed by atoms with Gasteiger partial charge in [-0.15, -0.1) is 0 Å². The zero-order valence-corrected chi connectivity index (χ0v) is 17.6. The van der Waals surface area contributed by atoms with Gasteiger partial charge in [-0.25, -0.2) is 9.59 Å². The van der Waals surface area contributed by atoms with E-state index in [0.29, 0.717) is 17.9 Å². The summed E-state index contributed by atoms with van der Waals surface area (Å²) in [6, 6.07) is 5.90. The maximum absolute atomic E-state index is 12.2. The first-order valence-corrected chi connectivity index (χ1v) is 8.39. The van der Waals surface area contributed by atoms with E-state index in [0.717, 1.165) is 11.1 Å². The van der Waals surface area contributed by atoms with E-state index >= 15 is 0 Å². The lowest BCUT2D eigenvalue weighted by Crippen LogP contribution is -3.00. The van der Waals surface area contributed by atoms with Gasteiger partial charge in [0.2, 0.25) is 0 Å². The molecule has 1 aromatic rings. The Hall–Kier alpha value is -1.92. The highest BCUT2D eigenvalue weighted by molar-refractivity contribution is 5.72. The van der Waals surface area contributed by atoms with Crippen LogP contribution in [0.25, 0.3) is 0 Å². The Bertz CT molecular complexity index is 733. The number of carbonyl (C=O) groups is 1. The van der Waals surface area contributed by atoms with Crippen molar-refractivity contribution < 1.29 is 47.6 Å². The molecule has 0 unspecified atom stereocenters. The van der Waals surface area contributed by atoms with Crippen LogP contribution in [0.5, 0.6) is 5.75 Å². The zero-order chi connectivity index (χ0) is 18.4. The second-order valence-electron chi connectivity index (χ2n) is 6.58. The molecule has 1 heterocycles. The van der Waals surface area contributed by atoms with Crippen LogP contribution in [0.2, 0.25) is 0 Å². The Morgan fingerprint density at radius 2 is 1.81 bits per heavy atom. The summed E-state index contributed by atoms with van der Waals surface area (Å²) in [6.07, 6.45) is 4.38. The van der Waals surface area contributed by atoms with Crippen molar-refractivity contribution >= 4 is 18.3 Å². The number of para-hydroxylation sites is 1. The number of ether oxygens (including phenoxy) is 2. The molecule has 0 atom stereocenters. The Kier molecular flexibility index (Phi) is 8.75. The number of hydrogen-bond acceptors (Lipinski definition) is 4. The molecule has 5 nitrogen and oxygen atoms in total. The molecule has 0 saturated carbocycles. The average Bonchev–Trinajstić information content (AvgIpc) is 2.60. The van der Waals surface area contributed by atoms with Crippen LogP contribution >= 0.6 is 0 Å². The lowest BCUT2D eigenvalue weighted by Gasteiger charge is -2.18. The molecule has 6 heteroatoms. The maximum atomic E-state index is 12.2. The lowest BCUT2D eigenvalue weighted by molar-refractivity contribution is -0.550. The predicted octanol–water partition coefficient (Wildman–Crippen LogP) is 0.821. The monoisotopic (exact) mass is 469 g/mol. The fraction of sp³-hybridized carbons (Fsp3) is 0.400. The standard InChI is InChI=1S/C20H24NO4.HI/c1-14(2)17-8-5-9-18(15(3)4)19(17)25-20(23)24-13-21-10-6-7-16(11-21)12-22;/h5-10,14-15H,11,13H2,1-4H3;1H/q+1;/p-1. The van der Waals surface area contributed by atoms with Gasteiger partial charge in [0.05, 0.1) is 0 Å². The predicted molar refractivity (Wildman–Crippen MR) is 96.1 cm³/mol. The van der Waals surface area contributed by atoms with E-state index in [4.69, 9.17) is 9.47 Å². The maximum Gasteiger partial charge on any atom is 0.518 e. The second kappa shape index (κ2) is 10.3. The molecule has 0 saturated heterocycles. The van der Waals surface area contributed by atoms with Crippen molar-refractivity contribution in [2.75, 3.05) is 13.3 Å². The number of hydrogen-bond donors (Lipinski definition) is 0. The summed E-state index contributed by atoms with van der Waals surface area (Å²) in [6.45, 7) is 8.59. The number of rotatable bonds is 5. The SMILES string of the molecule is CC(C)c1cccc(C(C)C)c1OC(=O)OC[N+]1=CC=CC(=C=O)C1.[I-]. The van der Waals surface area contributed by atoms with Crippen LogP contribution in [0.4, 0.5) is 4.79 Å². The van der Waals surface area contributed by atoms with Crippen LogP contribution in [-0.4, -0.2) is 36.2 Å². The van der Waals surface area contributed by atoms with Gasteiger partial charge in [-0.1, -0.05) is 45.9 Å². The zero-order valence-electron chi connectivity index (χ0n) is 15.5. The molecule has 1 aliphatic heterocycles. The van der Waals surface area contributed by atoms with Crippen LogP contribution in [0.3, 0.4) is 0 Å². The van der Waals surface area contributed by atoms with Crippen molar-refractivity contribution in [3.8, 4) is 5.75 Å². The molecule has 140 valence electrons. The highest BCUT2D eigenvalue weighted by Gasteiger charge is 2.20. The first-order valence-electron chi connectivity index (χ1n) is 8.39. The molecule has 0 amide bonds. The summed E-state index contributed by atoms with van der Waals surface area (Å²) in [5.74, 6) is 2.87. The fourth-order valence-corrected chi connectivity index (χ4v) is 2.61. The minimum absolute atomic E-state index is 0. The third kappa shape index (κ3) is 5.81. The third-order valence-corrected chi connectivity index (χ3v) is 3.95. The molecular weight excluding hydrogens is 445 g/mol. The van der Waals surface area contributed by atoms with Crippen molar-refractivity contribution in [3.63, 3.8) is 0 Å².